The van der Waals surface area contributed by atoms with E-state index < -0.39 is 0 Å². The maximum Gasteiger partial charge on any atom is 0.115 e. The van der Waals surface area contributed by atoms with E-state index in [1.807, 2.05) is 12.1 Å². The molecule has 0 aliphatic rings. The summed E-state index contributed by atoms with van der Waals surface area (Å²) in [5, 5.41) is 9.77. The first kappa shape index (κ1) is 22.0. The van der Waals surface area contributed by atoms with Crippen LogP contribution in [0.3, 0.4) is 0 Å². The Kier molecular flexibility index (Phi) is 6.26. The first-order valence-electron chi connectivity index (χ1n) is 11.0. The Labute approximate surface area is 182 Å². The highest BCUT2D eigenvalue weighted by Gasteiger charge is 2.21. The molecule has 2 nitrogen and oxygen atoms in total. The molecular formula is C28H35NO. The average Bonchev–Trinajstić information content (AvgIpc) is 2.76. The zero-order valence-corrected chi connectivity index (χ0v) is 19.2. The molecule has 0 saturated carbocycles. The molecule has 1 N–H and O–H groups in total. The van der Waals surface area contributed by atoms with Crippen molar-refractivity contribution in [2.75, 3.05) is 4.90 Å². The summed E-state index contributed by atoms with van der Waals surface area (Å²) in [6.45, 7) is 13.6. The van der Waals surface area contributed by atoms with Crippen molar-refractivity contribution in [1.82, 2.24) is 0 Å². The van der Waals surface area contributed by atoms with Crippen molar-refractivity contribution < 1.29 is 5.11 Å². The summed E-state index contributed by atoms with van der Waals surface area (Å²) in [6, 6.07) is 25.1. The number of hydrogen-bond donors (Lipinski definition) is 1. The van der Waals surface area contributed by atoms with Crippen LogP contribution in [0.1, 0.15) is 65.5 Å². The molecule has 3 rings (SSSR count). The molecule has 3 aromatic rings. The molecule has 0 aliphatic heterocycles. The third-order valence-electron chi connectivity index (χ3n) is 6.69. The number of phenolic OH excluding ortho intramolecular Hbond substituents is 1. The van der Waals surface area contributed by atoms with Gasteiger partial charge >= 0.3 is 0 Å². The molecule has 0 fully saturated rings. The van der Waals surface area contributed by atoms with Gasteiger partial charge in [0.15, 0.2) is 0 Å². The molecule has 0 atom stereocenters. The van der Waals surface area contributed by atoms with Crippen molar-refractivity contribution in [3.63, 3.8) is 0 Å². The van der Waals surface area contributed by atoms with E-state index in [1.54, 1.807) is 12.1 Å². The Bertz CT molecular complexity index is 892. The van der Waals surface area contributed by atoms with Crippen molar-refractivity contribution in [1.29, 1.82) is 0 Å². The van der Waals surface area contributed by atoms with Crippen molar-refractivity contribution in [2.45, 2.75) is 65.2 Å². The Balaban J connectivity index is 2.05. The summed E-state index contributed by atoms with van der Waals surface area (Å²) in [4.78, 5) is 2.24. The number of rotatable bonds is 7. The maximum atomic E-state index is 9.77. The van der Waals surface area contributed by atoms with Gasteiger partial charge in [0.1, 0.15) is 5.75 Å². The molecule has 3 aromatic carbocycles. The number of anilines is 3. The predicted molar refractivity (Wildman–Crippen MR) is 129 cm³/mol. The van der Waals surface area contributed by atoms with Crippen LogP contribution >= 0.6 is 0 Å². The second kappa shape index (κ2) is 8.55. The number of aromatic hydroxyl groups is 1. The minimum atomic E-state index is 0.162. The molecular weight excluding hydrogens is 366 g/mol. The van der Waals surface area contributed by atoms with Gasteiger partial charge in [-0.15, -0.1) is 0 Å². The third kappa shape index (κ3) is 4.53. The van der Waals surface area contributed by atoms with Crippen molar-refractivity contribution in [3.8, 4) is 5.75 Å². The molecule has 0 heterocycles. The summed E-state index contributed by atoms with van der Waals surface area (Å²) in [6.07, 6.45) is 2.20. The van der Waals surface area contributed by atoms with Crippen LogP contribution in [0.4, 0.5) is 17.1 Å². The second-order valence-electron chi connectivity index (χ2n) is 9.42. The normalized spacial score (nSPS) is 12.1. The van der Waals surface area contributed by atoms with Crippen molar-refractivity contribution >= 4 is 17.1 Å². The van der Waals surface area contributed by atoms with Gasteiger partial charge in [0.2, 0.25) is 0 Å². The Morgan fingerprint density at radius 2 is 0.867 bits per heavy atom. The molecule has 0 unspecified atom stereocenters. The van der Waals surface area contributed by atoms with Gasteiger partial charge in [-0.2, -0.15) is 0 Å². The first-order chi connectivity index (χ1) is 14.2. The Morgan fingerprint density at radius 3 is 1.17 bits per heavy atom. The maximum absolute atomic E-state index is 9.77. The number of benzene rings is 3. The lowest BCUT2D eigenvalue weighted by atomic mass is 9.82. The van der Waals surface area contributed by atoms with E-state index in [4.69, 9.17) is 0 Å². The lowest BCUT2D eigenvalue weighted by Crippen LogP contribution is -2.17. The fraction of sp³-hybridized carbons (Fsp3) is 0.357. The van der Waals surface area contributed by atoms with Crippen LogP contribution < -0.4 is 4.90 Å². The minimum Gasteiger partial charge on any atom is -0.508 e. The molecule has 0 bridgehead atoms. The second-order valence-corrected chi connectivity index (χ2v) is 9.42. The van der Waals surface area contributed by atoms with Crippen LogP contribution in [0.5, 0.6) is 5.75 Å². The molecule has 0 spiro atoms. The molecule has 0 saturated heterocycles. The lowest BCUT2D eigenvalue weighted by Gasteiger charge is -2.29. The average molecular weight is 402 g/mol. The van der Waals surface area contributed by atoms with E-state index in [0.717, 1.165) is 29.9 Å². The zero-order valence-electron chi connectivity index (χ0n) is 19.2. The van der Waals surface area contributed by atoms with E-state index in [-0.39, 0.29) is 16.6 Å². The van der Waals surface area contributed by atoms with Crippen LogP contribution in [0.25, 0.3) is 0 Å². The molecule has 0 aliphatic carbocycles. The third-order valence-corrected chi connectivity index (χ3v) is 6.69. The fourth-order valence-electron chi connectivity index (χ4n) is 3.58. The molecule has 0 radical (unpaired) electrons. The van der Waals surface area contributed by atoms with Gasteiger partial charge in [-0.3, -0.25) is 0 Å². The van der Waals surface area contributed by atoms with Crippen LogP contribution in [0.2, 0.25) is 0 Å². The van der Waals surface area contributed by atoms with Gasteiger partial charge in [0, 0.05) is 17.1 Å². The van der Waals surface area contributed by atoms with Gasteiger partial charge < -0.3 is 10.0 Å². The molecule has 0 aromatic heterocycles. The Morgan fingerprint density at radius 1 is 0.567 bits per heavy atom. The highest BCUT2D eigenvalue weighted by atomic mass is 16.3. The van der Waals surface area contributed by atoms with E-state index in [0.29, 0.717) is 0 Å². The monoisotopic (exact) mass is 401 g/mol. The Hall–Kier alpha value is -2.74. The van der Waals surface area contributed by atoms with Crippen LogP contribution in [0.15, 0.2) is 72.8 Å². The summed E-state index contributed by atoms with van der Waals surface area (Å²) in [7, 11) is 0. The lowest BCUT2D eigenvalue weighted by molar-refractivity contribution is 0.475. The van der Waals surface area contributed by atoms with Crippen molar-refractivity contribution in [3.05, 3.63) is 83.9 Å². The summed E-state index contributed by atoms with van der Waals surface area (Å²) < 4.78 is 0. The number of nitrogens with zero attached hydrogens (tertiary/aromatic N) is 1. The van der Waals surface area contributed by atoms with Gasteiger partial charge in [-0.1, -0.05) is 65.8 Å². The van der Waals surface area contributed by atoms with Gasteiger partial charge in [-0.25, -0.2) is 0 Å². The van der Waals surface area contributed by atoms with E-state index in [2.05, 4.69) is 95.0 Å². The van der Waals surface area contributed by atoms with E-state index >= 15 is 0 Å². The largest absolute Gasteiger partial charge is 0.508 e. The SMILES string of the molecule is CCC(C)(C)c1ccc(N(c2ccc(O)cc2)c2ccc(C(C)(C)CC)cc2)cc1. The summed E-state index contributed by atoms with van der Waals surface area (Å²) >= 11 is 0. The highest BCUT2D eigenvalue weighted by molar-refractivity contribution is 5.77. The van der Waals surface area contributed by atoms with Crippen LogP contribution in [-0.2, 0) is 10.8 Å². The first-order valence-corrected chi connectivity index (χ1v) is 11.0. The predicted octanol–water partition coefficient (Wildman–Crippen LogP) is 8.24. The van der Waals surface area contributed by atoms with E-state index in [9.17, 15) is 5.11 Å². The van der Waals surface area contributed by atoms with Gasteiger partial charge in [-0.05, 0) is 83.3 Å². The van der Waals surface area contributed by atoms with E-state index in [1.165, 1.54) is 11.1 Å². The number of hydrogen-bond acceptors (Lipinski definition) is 2. The molecule has 2 heteroatoms. The smallest absolute Gasteiger partial charge is 0.115 e. The number of phenols is 1. The van der Waals surface area contributed by atoms with Gasteiger partial charge in [0.05, 0.1) is 0 Å². The summed E-state index contributed by atoms with van der Waals surface area (Å²) in [5.74, 6) is 0.277. The highest BCUT2D eigenvalue weighted by Crippen LogP contribution is 2.38. The summed E-state index contributed by atoms with van der Waals surface area (Å²) in [5.41, 5.74) is 6.26. The minimum absolute atomic E-state index is 0.162. The van der Waals surface area contributed by atoms with Gasteiger partial charge in [0.25, 0.3) is 0 Å². The molecule has 158 valence electrons. The van der Waals surface area contributed by atoms with Crippen LogP contribution in [0, 0.1) is 0 Å². The van der Waals surface area contributed by atoms with Crippen molar-refractivity contribution in [2.24, 2.45) is 0 Å². The topological polar surface area (TPSA) is 23.5 Å². The quantitative estimate of drug-likeness (QED) is 0.431. The molecule has 0 amide bonds. The van der Waals surface area contributed by atoms with Crippen LogP contribution in [-0.4, -0.2) is 5.11 Å². The fourth-order valence-corrected chi connectivity index (χ4v) is 3.58. The molecule has 30 heavy (non-hydrogen) atoms. The standard InChI is InChI=1S/C28H35NO/c1-7-27(3,4)21-9-13-23(14-10-21)29(25-17-19-26(30)20-18-25)24-15-11-22(12-16-24)28(5,6)8-2/h9-20,30H,7-8H2,1-6H3. The zero-order chi connectivity index (χ0) is 21.9.